The van der Waals surface area contributed by atoms with Crippen LogP contribution in [0.2, 0.25) is 0 Å². The molecular formula is C19H18N6O4. The third-order valence-corrected chi connectivity index (χ3v) is 3.85. The Balaban J connectivity index is 1.80. The van der Waals surface area contributed by atoms with Crippen LogP contribution in [0.25, 0.3) is 0 Å². The first kappa shape index (κ1) is 19.7. The first-order valence-corrected chi connectivity index (χ1v) is 8.75. The Bertz CT molecular complexity index is 995. The lowest BCUT2D eigenvalue weighted by molar-refractivity contribution is -0.383. The van der Waals surface area contributed by atoms with Crippen LogP contribution in [0.15, 0.2) is 55.1 Å². The number of ether oxygens (including phenoxy) is 1. The van der Waals surface area contributed by atoms with Crippen molar-refractivity contribution >= 4 is 29.0 Å². The molecule has 0 atom stereocenters. The number of carbonyl (C=O) groups is 1. The number of aromatic nitrogens is 3. The minimum Gasteiger partial charge on any atom is -0.462 e. The van der Waals surface area contributed by atoms with Gasteiger partial charge < -0.3 is 15.4 Å². The molecule has 0 aliphatic rings. The summed E-state index contributed by atoms with van der Waals surface area (Å²) in [6.45, 7) is 2.32. The molecule has 1 aromatic carbocycles. The predicted molar refractivity (Wildman–Crippen MR) is 106 cm³/mol. The van der Waals surface area contributed by atoms with Crippen LogP contribution in [0.4, 0.5) is 23.0 Å². The number of hydrogen-bond donors (Lipinski definition) is 2. The van der Waals surface area contributed by atoms with Crippen molar-refractivity contribution in [1.29, 1.82) is 0 Å². The lowest BCUT2D eigenvalue weighted by Crippen LogP contribution is -2.08. The van der Waals surface area contributed by atoms with Gasteiger partial charge in [-0.05, 0) is 42.8 Å². The first-order chi connectivity index (χ1) is 14.1. The average molecular weight is 394 g/mol. The summed E-state index contributed by atoms with van der Waals surface area (Å²) in [4.78, 5) is 34.8. The molecule has 10 nitrogen and oxygen atoms in total. The molecule has 3 aromatic rings. The smallest absolute Gasteiger partial charge is 0.353 e. The number of esters is 1. The van der Waals surface area contributed by atoms with Crippen molar-refractivity contribution in [2.75, 3.05) is 17.2 Å². The van der Waals surface area contributed by atoms with Gasteiger partial charge in [0.15, 0.2) is 0 Å². The second-order valence-corrected chi connectivity index (χ2v) is 5.81. The molecule has 148 valence electrons. The number of pyridine rings is 1. The number of nitro groups is 1. The highest BCUT2D eigenvalue weighted by molar-refractivity contribution is 5.90. The van der Waals surface area contributed by atoms with Crippen LogP contribution in [-0.2, 0) is 11.3 Å². The van der Waals surface area contributed by atoms with E-state index in [2.05, 4.69) is 25.6 Å². The normalized spacial score (nSPS) is 10.2. The van der Waals surface area contributed by atoms with Crippen molar-refractivity contribution in [1.82, 2.24) is 15.0 Å². The van der Waals surface area contributed by atoms with Crippen LogP contribution in [0, 0.1) is 10.1 Å². The van der Waals surface area contributed by atoms with Crippen LogP contribution in [0.1, 0.15) is 22.8 Å². The molecule has 0 radical (unpaired) electrons. The number of hydrogen-bond acceptors (Lipinski definition) is 9. The Kier molecular flexibility index (Phi) is 6.25. The SMILES string of the molecule is CCOC(=O)c1ccc(Nc2ncnc(NCc3cccnc3)c2[N+](=O)[O-])cc1. The maximum absolute atomic E-state index is 11.7. The van der Waals surface area contributed by atoms with Crippen LogP contribution in [0.3, 0.4) is 0 Å². The predicted octanol–water partition coefficient (Wildman–Crippen LogP) is 3.31. The molecule has 0 bridgehead atoms. The number of anilines is 3. The zero-order valence-electron chi connectivity index (χ0n) is 15.5. The summed E-state index contributed by atoms with van der Waals surface area (Å²) in [6.07, 6.45) is 4.53. The summed E-state index contributed by atoms with van der Waals surface area (Å²) in [6, 6.07) is 9.97. The summed E-state index contributed by atoms with van der Waals surface area (Å²) >= 11 is 0. The van der Waals surface area contributed by atoms with E-state index >= 15 is 0 Å². The van der Waals surface area contributed by atoms with E-state index in [0.29, 0.717) is 17.8 Å². The van der Waals surface area contributed by atoms with E-state index in [1.807, 2.05) is 6.07 Å². The molecule has 2 N–H and O–H groups in total. The third kappa shape index (κ3) is 5.01. The number of nitrogens with zero attached hydrogens (tertiary/aromatic N) is 4. The van der Waals surface area contributed by atoms with Gasteiger partial charge in [-0.2, -0.15) is 0 Å². The molecule has 0 fully saturated rings. The van der Waals surface area contributed by atoms with E-state index in [1.54, 1.807) is 49.6 Å². The fourth-order valence-electron chi connectivity index (χ4n) is 2.50. The molecule has 0 saturated heterocycles. The second kappa shape index (κ2) is 9.22. The van der Waals surface area contributed by atoms with Crippen LogP contribution in [0.5, 0.6) is 0 Å². The highest BCUT2D eigenvalue weighted by atomic mass is 16.6. The fraction of sp³-hybridized carbons (Fsp3) is 0.158. The van der Waals surface area contributed by atoms with Crippen molar-refractivity contribution in [3.05, 3.63) is 76.4 Å². The number of nitrogens with one attached hydrogen (secondary N) is 2. The molecule has 0 aliphatic carbocycles. The molecule has 0 saturated carbocycles. The summed E-state index contributed by atoms with van der Waals surface area (Å²) in [5.74, 6) is -0.323. The van der Waals surface area contributed by atoms with E-state index in [9.17, 15) is 14.9 Å². The first-order valence-electron chi connectivity index (χ1n) is 8.75. The van der Waals surface area contributed by atoms with Gasteiger partial charge in [0, 0.05) is 24.6 Å². The molecule has 0 aliphatic heterocycles. The molecule has 2 aromatic heterocycles. The summed E-state index contributed by atoms with van der Waals surface area (Å²) in [5.41, 5.74) is 1.47. The number of rotatable bonds is 8. The summed E-state index contributed by atoms with van der Waals surface area (Å²) in [7, 11) is 0. The molecule has 0 spiro atoms. The number of benzene rings is 1. The quantitative estimate of drug-likeness (QED) is 0.335. The summed E-state index contributed by atoms with van der Waals surface area (Å²) < 4.78 is 4.93. The Morgan fingerprint density at radius 3 is 2.59 bits per heavy atom. The average Bonchev–Trinajstić information content (AvgIpc) is 2.73. The zero-order chi connectivity index (χ0) is 20.6. The van der Waals surface area contributed by atoms with Gasteiger partial charge in [-0.25, -0.2) is 14.8 Å². The molecule has 0 unspecified atom stereocenters. The molecule has 29 heavy (non-hydrogen) atoms. The van der Waals surface area contributed by atoms with E-state index in [4.69, 9.17) is 4.74 Å². The molecule has 0 amide bonds. The minimum atomic E-state index is -0.555. The van der Waals surface area contributed by atoms with Gasteiger partial charge in [0.05, 0.1) is 17.1 Å². The van der Waals surface area contributed by atoms with Crippen molar-refractivity contribution in [3.8, 4) is 0 Å². The van der Waals surface area contributed by atoms with E-state index in [1.165, 1.54) is 6.33 Å². The van der Waals surface area contributed by atoms with E-state index < -0.39 is 10.9 Å². The van der Waals surface area contributed by atoms with Crippen LogP contribution < -0.4 is 10.6 Å². The van der Waals surface area contributed by atoms with Gasteiger partial charge in [-0.1, -0.05) is 6.07 Å². The zero-order valence-corrected chi connectivity index (χ0v) is 15.5. The lowest BCUT2D eigenvalue weighted by Gasteiger charge is -2.10. The van der Waals surface area contributed by atoms with Gasteiger partial charge >= 0.3 is 11.7 Å². The van der Waals surface area contributed by atoms with E-state index in [-0.39, 0.29) is 23.9 Å². The van der Waals surface area contributed by atoms with Gasteiger partial charge in [0.2, 0.25) is 11.6 Å². The largest absolute Gasteiger partial charge is 0.462 e. The van der Waals surface area contributed by atoms with Gasteiger partial charge in [-0.15, -0.1) is 0 Å². The topological polar surface area (TPSA) is 132 Å². The third-order valence-electron chi connectivity index (χ3n) is 3.85. The highest BCUT2D eigenvalue weighted by Gasteiger charge is 2.23. The molecule has 3 rings (SSSR count). The minimum absolute atomic E-state index is 0.0302. The molecule has 10 heteroatoms. The maximum Gasteiger partial charge on any atom is 0.353 e. The fourth-order valence-corrected chi connectivity index (χ4v) is 2.50. The van der Waals surface area contributed by atoms with Gasteiger partial charge in [0.25, 0.3) is 0 Å². The van der Waals surface area contributed by atoms with Crippen molar-refractivity contribution < 1.29 is 14.5 Å². The highest BCUT2D eigenvalue weighted by Crippen LogP contribution is 2.31. The van der Waals surface area contributed by atoms with Crippen molar-refractivity contribution in [2.24, 2.45) is 0 Å². The van der Waals surface area contributed by atoms with Gasteiger partial charge in [-0.3, -0.25) is 15.1 Å². The van der Waals surface area contributed by atoms with Crippen LogP contribution in [-0.4, -0.2) is 32.5 Å². The number of carbonyl (C=O) groups excluding carboxylic acids is 1. The Morgan fingerprint density at radius 2 is 1.93 bits per heavy atom. The van der Waals surface area contributed by atoms with E-state index in [0.717, 1.165) is 5.56 Å². The van der Waals surface area contributed by atoms with Gasteiger partial charge in [0.1, 0.15) is 6.33 Å². The molecule has 2 heterocycles. The lowest BCUT2D eigenvalue weighted by atomic mass is 10.2. The Hall–Kier alpha value is -4.08. The standard InChI is InChI=1S/C19H18N6O4/c1-2-29-19(26)14-5-7-15(8-6-14)24-18-16(25(27)28)17(22-12-23-18)21-11-13-4-3-9-20-10-13/h3-10,12H,2,11H2,1H3,(H2,21,22,23,24). The second-order valence-electron chi connectivity index (χ2n) is 5.81. The molecular weight excluding hydrogens is 376 g/mol. The van der Waals surface area contributed by atoms with Crippen molar-refractivity contribution in [2.45, 2.75) is 13.5 Å². The maximum atomic E-state index is 11.7. The summed E-state index contributed by atoms with van der Waals surface area (Å²) in [5, 5.41) is 17.5. The monoisotopic (exact) mass is 394 g/mol. The van der Waals surface area contributed by atoms with Crippen molar-refractivity contribution in [3.63, 3.8) is 0 Å². The van der Waals surface area contributed by atoms with Crippen LogP contribution >= 0.6 is 0 Å². The Labute approximate surface area is 166 Å². The Morgan fingerprint density at radius 1 is 1.17 bits per heavy atom.